The zero-order chi connectivity index (χ0) is 13.5. The molecule has 19 heavy (non-hydrogen) atoms. The molecule has 1 atom stereocenters. The van der Waals surface area contributed by atoms with Gasteiger partial charge in [0.15, 0.2) is 0 Å². The lowest BCUT2D eigenvalue weighted by Crippen LogP contribution is -2.36. The molecule has 3 N–H and O–H groups in total. The van der Waals surface area contributed by atoms with Crippen LogP contribution < -0.4 is 16.0 Å². The maximum absolute atomic E-state index is 8.54. The van der Waals surface area contributed by atoms with Crippen LogP contribution in [-0.2, 0) is 4.74 Å². The normalized spacial score (nSPS) is 16.7. The van der Waals surface area contributed by atoms with Crippen LogP contribution in [0.25, 0.3) is 0 Å². The number of ether oxygens (including phenoxy) is 1. The molecule has 0 aliphatic carbocycles. The molecule has 0 bridgehead atoms. The van der Waals surface area contributed by atoms with Crippen molar-refractivity contribution >= 4 is 11.4 Å². The van der Waals surface area contributed by atoms with Crippen molar-refractivity contribution in [2.24, 2.45) is 5.73 Å². The number of morpholine rings is 1. The van der Waals surface area contributed by atoms with Crippen molar-refractivity contribution in [1.82, 2.24) is 0 Å². The first-order valence-electron chi connectivity index (χ1n) is 6.59. The summed E-state index contributed by atoms with van der Waals surface area (Å²) in [6.07, 6.45) is 0.374. The van der Waals surface area contributed by atoms with Gasteiger partial charge >= 0.3 is 0 Å². The van der Waals surface area contributed by atoms with Crippen molar-refractivity contribution < 1.29 is 4.74 Å². The quantitative estimate of drug-likeness (QED) is 0.831. The van der Waals surface area contributed by atoms with E-state index in [2.05, 4.69) is 28.4 Å². The van der Waals surface area contributed by atoms with Gasteiger partial charge in [-0.3, -0.25) is 0 Å². The van der Waals surface area contributed by atoms with Crippen molar-refractivity contribution in [3.8, 4) is 6.07 Å². The molecule has 0 saturated carbocycles. The van der Waals surface area contributed by atoms with Gasteiger partial charge in [0, 0.05) is 37.1 Å². The summed E-state index contributed by atoms with van der Waals surface area (Å²) in [4.78, 5) is 2.31. The van der Waals surface area contributed by atoms with E-state index in [0.717, 1.165) is 32.0 Å². The molecule has 1 aromatic rings. The van der Waals surface area contributed by atoms with Crippen LogP contribution in [0, 0.1) is 11.3 Å². The smallest absolute Gasteiger partial charge is 0.0642 e. The highest BCUT2D eigenvalue weighted by Crippen LogP contribution is 2.18. The fourth-order valence-electron chi connectivity index (χ4n) is 2.05. The van der Waals surface area contributed by atoms with E-state index in [9.17, 15) is 0 Å². The van der Waals surface area contributed by atoms with Gasteiger partial charge in [-0.2, -0.15) is 5.26 Å². The second-order valence-electron chi connectivity index (χ2n) is 4.65. The number of benzene rings is 1. The molecule has 0 amide bonds. The highest BCUT2D eigenvalue weighted by molar-refractivity contribution is 5.55. The van der Waals surface area contributed by atoms with Crippen molar-refractivity contribution in [3.05, 3.63) is 24.3 Å². The van der Waals surface area contributed by atoms with Gasteiger partial charge in [-0.15, -0.1) is 0 Å². The van der Waals surface area contributed by atoms with Gasteiger partial charge in [0.2, 0.25) is 0 Å². The average molecular weight is 260 g/mol. The molecular formula is C14H20N4O. The summed E-state index contributed by atoms with van der Waals surface area (Å²) in [6, 6.07) is 10.2. The van der Waals surface area contributed by atoms with Gasteiger partial charge in [0.1, 0.15) is 0 Å². The number of hydrogen-bond acceptors (Lipinski definition) is 5. The van der Waals surface area contributed by atoms with Gasteiger partial charge in [0.05, 0.1) is 25.7 Å². The average Bonchev–Trinajstić information content (AvgIpc) is 2.47. The lowest BCUT2D eigenvalue weighted by Gasteiger charge is -2.29. The molecule has 102 valence electrons. The summed E-state index contributed by atoms with van der Waals surface area (Å²) >= 11 is 0. The number of hydrogen-bond donors (Lipinski definition) is 2. The lowest BCUT2D eigenvalue weighted by atomic mass is 10.2. The van der Waals surface area contributed by atoms with Crippen LogP contribution in [0.4, 0.5) is 11.4 Å². The molecule has 1 saturated heterocycles. The molecule has 1 aromatic carbocycles. The monoisotopic (exact) mass is 260 g/mol. The summed E-state index contributed by atoms with van der Waals surface area (Å²) in [5, 5.41) is 11.8. The molecule has 0 unspecified atom stereocenters. The largest absolute Gasteiger partial charge is 0.383 e. The Morgan fingerprint density at radius 1 is 1.32 bits per heavy atom. The number of nitrogens with two attached hydrogens (primary N) is 1. The van der Waals surface area contributed by atoms with Gasteiger partial charge in [-0.1, -0.05) is 0 Å². The van der Waals surface area contributed by atoms with E-state index in [1.165, 1.54) is 5.69 Å². The Labute approximate surface area is 114 Å². The van der Waals surface area contributed by atoms with Gasteiger partial charge in [0.25, 0.3) is 0 Å². The van der Waals surface area contributed by atoms with E-state index in [-0.39, 0.29) is 6.04 Å². The lowest BCUT2D eigenvalue weighted by molar-refractivity contribution is 0.122. The third kappa shape index (κ3) is 4.12. The predicted octanol–water partition coefficient (Wildman–Crippen LogP) is 1.18. The Kier molecular flexibility index (Phi) is 5.01. The van der Waals surface area contributed by atoms with Gasteiger partial charge in [-0.25, -0.2) is 0 Å². The first kappa shape index (κ1) is 13.7. The standard InChI is InChI=1S/C14H20N4O/c15-6-5-12(16)11-17-13-1-3-14(4-2-13)18-7-9-19-10-8-18/h1-4,12,17H,5,7-11,16H2/t12-/m0/s1. The Balaban J connectivity index is 1.85. The summed E-state index contributed by atoms with van der Waals surface area (Å²) in [7, 11) is 0. The van der Waals surface area contributed by atoms with Crippen molar-refractivity contribution in [2.75, 3.05) is 43.1 Å². The molecule has 1 aliphatic rings. The summed E-state index contributed by atoms with van der Waals surface area (Å²) in [6.45, 7) is 4.09. The maximum atomic E-state index is 8.54. The number of rotatable bonds is 5. The Morgan fingerprint density at radius 2 is 2.00 bits per heavy atom. The Hall–Kier alpha value is -1.77. The molecule has 2 rings (SSSR count). The fourth-order valence-corrected chi connectivity index (χ4v) is 2.05. The van der Waals surface area contributed by atoms with Crippen molar-refractivity contribution in [2.45, 2.75) is 12.5 Å². The molecule has 5 nitrogen and oxygen atoms in total. The van der Waals surface area contributed by atoms with E-state index in [4.69, 9.17) is 15.7 Å². The fraction of sp³-hybridized carbons (Fsp3) is 0.500. The van der Waals surface area contributed by atoms with Crippen LogP contribution in [0.1, 0.15) is 6.42 Å². The highest BCUT2D eigenvalue weighted by atomic mass is 16.5. The maximum Gasteiger partial charge on any atom is 0.0642 e. The Morgan fingerprint density at radius 3 is 2.63 bits per heavy atom. The first-order chi connectivity index (χ1) is 9.29. The van der Waals surface area contributed by atoms with E-state index >= 15 is 0 Å². The first-order valence-corrected chi connectivity index (χ1v) is 6.59. The third-order valence-electron chi connectivity index (χ3n) is 3.17. The van der Waals surface area contributed by atoms with Crippen LogP contribution in [0.5, 0.6) is 0 Å². The second-order valence-corrected chi connectivity index (χ2v) is 4.65. The van der Waals surface area contributed by atoms with Gasteiger partial charge < -0.3 is 20.7 Å². The van der Waals surface area contributed by atoms with E-state index in [0.29, 0.717) is 13.0 Å². The summed E-state index contributed by atoms with van der Waals surface area (Å²) < 4.78 is 5.34. The van der Waals surface area contributed by atoms with E-state index < -0.39 is 0 Å². The zero-order valence-electron chi connectivity index (χ0n) is 11.0. The molecule has 0 radical (unpaired) electrons. The third-order valence-corrected chi connectivity index (χ3v) is 3.17. The number of anilines is 2. The molecule has 5 heteroatoms. The number of nitriles is 1. The van der Waals surface area contributed by atoms with Crippen molar-refractivity contribution in [1.29, 1.82) is 5.26 Å². The molecule has 0 aromatic heterocycles. The molecule has 0 spiro atoms. The predicted molar refractivity (Wildman–Crippen MR) is 76.2 cm³/mol. The summed E-state index contributed by atoms with van der Waals surface area (Å²) in [5.41, 5.74) is 8.02. The molecule has 1 aliphatic heterocycles. The number of nitrogens with zero attached hydrogens (tertiary/aromatic N) is 2. The van der Waals surface area contributed by atoms with Crippen LogP contribution in [0.3, 0.4) is 0 Å². The van der Waals surface area contributed by atoms with Gasteiger partial charge in [-0.05, 0) is 24.3 Å². The summed E-state index contributed by atoms with van der Waals surface area (Å²) in [5.74, 6) is 0. The minimum Gasteiger partial charge on any atom is -0.383 e. The SMILES string of the molecule is N#CC[C@H](N)CNc1ccc(N2CCOCC2)cc1. The Bertz CT molecular complexity index is 420. The van der Waals surface area contributed by atoms with E-state index in [1.54, 1.807) is 0 Å². The minimum atomic E-state index is -0.121. The van der Waals surface area contributed by atoms with Crippen LogP contribution in [0.2, 0.25) is 0 Å². The molecular weight excluding hydrogens is 240 g/mol. The zero-order valence-corrected chi connectivity index (χ0v) is 11.0. The minimum absolute atomic E-state index is 0.121. The van der Waals surface area contributed by atoms with Crippen LogP contribution >= 0.6 is 0 Å². The van der Waals surface area contributed by atoms with Crippen LogP contribution in [-0.4, -0.2) is 38.9 Å². The number of nitrogens with one attached hydrogen (secondary N) is 1. The second kappa shape index (κ2) is 6.98. The topological polar surface area (TPSA) is 74.3 Å². The van der Waals surface area contributed by atoms with Crippen molar-refractivity contribution in [3.63, 3.8) is 0 Å². The van der Waals surface area contributed by atoms with Crippen LogP contribution in [0.15, 0.2) is 24.3 Å². The molecule has 1 heterocycles. The van der Waals surface area contributed by atoms with E-state index in [1.807, 2.05) is 12.1 Å². The molecule has 1 fully saturated rings. The highest BCUT2D eigenvalue weighted by Gasteiger charge is 2.10.